The molecule has 1 N–H and O–H groups in total. The van der Waals surface area contributed by atoms with Crippen molar-refractivity contribution in [3.8, 4) is 0 Å². The van der Waals surface area contributed by atoms with Crippen molar-refractivity contribution in [2.75, 3.05) is 0 Å². The number of benzene rings is 2. The Morgan fingerprint density at radius 3 is 2.36 bits per heavy atom. The number of nitrogens with zero attached hydrogens (tertiary/aromatic N) is 2. The summed E-state index contributed by atoms with van der Waals surface area (Å²) < 4.78 is 0. The van der Waals surface area contributed by atoms with Crippen molar-refractivity contribution in [2.45, 2.75) is 0 Å². The molecule has 0 unspecified atom stereocenters. The molecule has 2 heterocycles. The molecule has 0 fully saturated rings. The highest BCUT2D eigenvalue weighted by atomic mass is 15.1. The summed E-state index contributed by atoms with van der Waals surface area (Å²) in [6.07, 6.45) is 11.9. The number of nitrogens with one attached hydrogen (secondary N) is 1. The van der Waals surface area contributed by atoms with Gasteiger partial charge in [0.15, 0.2) is 0 Å². The summed E-state index contributed by atoms with van der Waals surface area (Å²) in [5.41, 5.74) is 5.34. The van der Waals surface area contributed by atoms with Crippen LogP contribution in [-0.4, -0.2) is 15.2 Å². The molecule has 3 heteroatoms. The van der Waals surface area contributed by atoms with Gasteiger partial charge in [-0.15, -0.1) is 0 Å². The van der Waals surface area contributed by atoms with E-state index in [2.05, 4.69) is 57.7 Å². The lowest BCUT2D eigenvalue weighted by Crippen LogP contribution is -1.77. The lowest BCUT2D eigenvalue weighted by atomic mass is 10.1. The molecule has 4 rings (SSSR count). The van der Waals surface area contributed by atoms with E-state index < -0.39 is 0 Å². The Kier molecular flexibility index (Phi) is 4.21. The predicted octanol–water partition coefficient (Wildman–Crippen LogP) is 5.30. The third kappa shape index (κ3) is 3.56. The highest BCUT2D eigenvalue weighted by molar-refractivity contribution is 5.91. The Morgan fingerprint density at radius 2 is 1.52 bits per heavy atom. The highest BCUT2D eigenvalue weighted by Gasteiger charge is 2.03. The lowest BCUT2D eigenvalue weighted by Gasteiger charge is -1.96. The second-order valence-corrected chi connectivity index (χ2v) is 5.78. The van der Waals surface area contributed by atoms with Crippen molar-refractivity contribution < 1.29 is 0 Å². The molecule has 0 amide bonds. The van der Waals surface area contributed by atoms with Crippen LogP contribution in [0.5, 0.6) is 0 Å². The van der Waals surface area contributed by atoms with E-state index >= 15 is 0 Å². The molecule has 120 valence electrons. The Hall–Kier alpha value is -3.46. The minimum Gasteiger partial charge on any atom is -0.277 e. The van der Waals surface area contributed by atoms with Crippen molar-refractivity contribution in [3.63, 3.8) is 0 Å². The van der Waals surface area contributed by atoms with E-state index in [-0.39, 0.29) is 0 Å². The number of aromatic nitrogens is 3. The monoisotopic (exact) mass is 323 g/mol. The smallest absolute Gasteiger partial charge is 0.0927 e. The van der Waals surface area contributed by atoms with Gasteiger partial charge in [-0.2, -0.15) is 5.10 Å². The summed E-state index contributed by atoms with van der Waals surface area (Å²) in [4.78, 5) is 4.13. The van der Waals surface area contributed by atoms with Crippen molar-refractivity contribution in [1.82, 2.24) is 15.2 Å². The fourth-order valence-corrected chi connectivity index (χ4v) is 2.69. The van der Waals surface area contributed by atoms with Crippen LogP contribution in [0, 0.1) is 0 Å². The van der Waals surface area contributed by atoms with Gasteiger partial charge in [0.1, 0.15) is 0 Å². The molecule has 25 heavy (non-hydrogen) atoms. The minimum atomic E-state index is 0.925. The van der Waals surface area contributed by atoms with E-state index in [0.717, 1.165) is 27.7 Å². The van der Waals surface area contributed by atoms with E-state index in [1.54, 1.807) is 6.20 Å². The van der Waals surface area contributed by atoms with E-state index in [1.165, 1.54) is 5.56 Å². The molecule has 0 aliphatic carbocycles. The van der Waals surface area contributed by atoms with E-state index in [4.69, 9.17) is 0 Å². The number of rotatable bonds is 4. The van der Waals surface area contributed by atoms with E-state index in [0.29, 0.717) is 0 Å². The van der Waals surface area contributed by atoms with Crippen LogP contribution < -0.4 is 0 Å². The fourth-order valence-electron chi connectivity index (χ4n) is 2.69. The van der Waals surface area contributed by atoms with Crippen LogP contribution in [0.15, 0.2) is 73.1 Å². The number of hydrogen-bond acceptors (Lipinski definition) is 2. The largest absolute Gasteiger partial charge is 0.277 e. The summed E-state index contributed by atoms with van der Waals surface area (Å²) in [7, 11) is 0. The Morgan fingerprint density at radius 1 is 0.720 bits per heavy atom. The van der Waals surface area contributed by atoms with Crippen molar-refractivity contribution in [1.29, 1.82) is 0 Å². The van der Waals surface area contributed by atoms with Crippen LogP contribution in [0.1, 0.15) is 22.4 Å². The molecule has 4 aromatic rings. The van der Waals surface area contributed by atoms with Gasteiger partial charge in [0, 0.05) is 17.8 Å². The van der Waals surface area contributed by atoms with Crippen molar-refractivity contribution >= 4 is 35.2 Å². The zero-order chi connectivity index (χ0) is 16.9. The summed E-state index contributed by atoms with van der Waals surface area (Å²) in [6.45, 7) is 0. The fraction of sp³-hybridized carbons (Fsp3) is 0. The molecule has 0 aliphatic heterocycles. The average Bonchev–Trinajstić information content (AvgIpc) is 3.09. The first kappa shape index (κ1) is 15.1. The quantitative estimate of drug-likeness (QED) is 0.518. The van der Waals surface area contributed by atoms with Gasteiger partial charge in [0.2, 0.25) is 0 Å². The molecule has 0 spiro atoms. The first-order valence-electron chi connectivity index (χ1n) is 8.18. The Bertz CT molecular complexity index is 1030. The average molecular weight is 323 g/mol. The van der Waals surface area contributed by atoms with Crippen LogP contribution >= 0.6 is 0 Å². The highest BCUT2D eigenvalue weighted by Crippen LogP contribution is 2.21. The Labute approximate surface area is 146 Å². The maximum Gasteiger partial charge on any atom is 0.0927 e. The predicted molar refractivity (Wildman–Crippen MR) is 105 cm³/mol. The third-order valence-corrected chi connectivity index (χ3v) is 4.00. The molecule has 0 saturated heterocycles. The van der Waals surface area contributed by atoms with Gasteiger partial charge < -0.3 is 0 Å². The van der Waals surface area contributed by atoms with Gasteiger partial charge >= 0.3 is 0 Å². The number of hydrogen-bond donors (Lipinski definition) is 1. The first-order valence-corrected chi connectivity index (χ1v) is 8.18. The van der Waals surface area contributed by atoms with Crippen LogP contribution in [0.2, 0.25) is 0 Å². The topological polar surface area (TPSA) is 41.6 Å². The molecule has 2 aromatic carbocycles. The molecular formula is C22H17N3. The summed E-state index contributed by atoms with van der Waals surface area (Å²) >= 11 is 0. The van der Waals surface area contributed by atoms with Gasteiger partial charge in [0.05, 0.1) is 11.2 Å². The van der Waals surface area contributed by atoms with Crippen molar-refractivity contribution in [2.24, 2.45) is 0 Å². The normalized spacial score (nSPS) is 11.7. The molecule has 2 aromatic heterocycles. The zero-order valence-electron chi connectivity index (χ0n) is 13.6. The van der Waals surface area contributed by atoms with Crippen LogP contribution in [0.25, 0.3) is 35.2 Å². The first-order chi connectivity index (χ1) is 12.4. The minimum absolute atomic E-state index is 0.925. The molecular weight excluding hydrogens is 306 g/mol. The lowest BCUT2D eigenvalue weighted by molar-refractivity contribution is 1.11. The van der Waals surface area contributed by atoms with Gasteiger partial charge in [-0.3, -0.25) is 10.1 Å². The number of fused-ring (bicyclic) bond motifs is 1. The molecule has 0 bridgehead atoms. The Balaban J connectivity index is 1.64. The van der Waals surface area contributed by atoms with Crippen LogP contribution in [-0.2, 0) is 0 Å². The summed E-state index contributed by atoms with van der Waals surface area (Å²) in [5, 5.41) is 8.60. The molecule has 0 saturated carbocycles. The van der Waals surface area contributed by atoms with Crippen LogP contribution in [0.4, 0.5) is 0 Å². The van der Waals surface area contributed by atoms with Crippen LogP contribution in [0.3, 0.4) is 0 Å². The van der Waals surface area contributed by atoms with Gasteiger partial charge in [0.25, 0.3) is 0 Å². The van der Waals surface area contributed by atoms with Gasteiger partial charge in [-0.05, 0) is 41.0 Å². The standard InChI is InChI=1S/C22H17N3/c1-2-5-17(6-3-1)8-9-18-10-12-21-20(15-18)22(25-24-21)13-11-19-7-4-14-23-16-19/h1-16H,(H,24,25)/b9-8+,13-11+. The molecule has 0 atom stereocenters. The van der Waals surface area contributed by atoms with E-state index in [1.807, 2.05) is 48.7 Å². The summed E-state index contributed by atoms with van der Waals surface area (Å²) in [6, 6.07) is 20.5. The third-order valence-electron chi connectivity index (χ3n) is 4.00. The van der Waals surface area contributed by atoms with Crippen molar-refractivity contribution in [3.05, 3.63) is 95.4 Å². The molecule has 3 nitrogen and oxygen atoms in total. The molecule has 0 radical (unpaired) electrons. The molecule has 0 aliphatic rings. The number of aromatic amines is 1. The zero-order valence-corrected chi connectivity index (χ0v) is 13.6. The maximum absolute atomic E-state index is 4.41. The number of pyridine rings is 1. The van der Waals surface area contributed by atoms with E-state index in [9.17, 15) is 0 Å². The number of H-pyrrole nitrogens is 1. The van der Waals surface area contributed by atoms with Gasteiger partial charge in [-0.25, -0.2) is 0 Å². The maximum atomic E-state index is 4.41. The second-order valence-electron chi connectivity index (χ2n) is 5.78. The SMILES string of the molecule is C(=C\c1ccc2[nH]nc(/C=C/c3cccnc3)c2c1)/c1ccccc1. The van der Waals surface area contributed by atoms with Gasteiger partial charge in [-0.1, -0.05) is 60.7 Å². The second kappa shape index (κ2) is 6.97. The summed E-state index contributed by atoms with van der Waals surface area (Å²) in [5.74, 6) is 0.